The molecule has 296 valence electrons. The van der Waals surface area contributed by atoms with Crippen molar-refractivity contribution in [2.24, 2.45) is 5.41 Å². The summed E-state index contributed by atoms with van der Waals surface area (Å²) in [5.41, 5.74) is 3.10. The van der Waals surface area contributed by atoms with Crippen LogP contribution in [0.2, 0.25) is 23.2 Å². The Balaban J connectivity index is 1.45. The number of carbonyl (C=O) groups excluding carboxylic acids is 2. The summed E-state index contributed by atoms with van der Waals surface area (Å²) < 4.78 is 29.4. The highest BCUT2D eigenvalue weighted by Crippen LogP contribution is 2.45. The van der Waals surface area contributed by atoms with E-state index in [0.717, 1.165) is 42.1 Å². The molecule has 0 saturated carbocycles. The Hall–Kier alpha value is -3.88. The molecule has 5 rings (SSSR count). The second-order valence-electron chi connectivity index (χ2n) is 17.4. The third-order valence-electron chi connectivity index (χ3n) is 10.7. The Bertz CT molecular complexity index is 1850. The first-order valence-corrected chi connectivity index (χ1v) is 21.8. The van der Waals surface area contributed by atoms with Gasteiger partial charge < -0.3 is 37.9 Å². The van der Waals surface area contributed by atoms with E-state index in [-0.39, 0.29) is 29.7 Å². The van der Waals surface area contributed by atoms with Crippen molar-refractivity contribution in [3.63, 3.8) is 0 Å². The fourth-order valence-corrected chi connectivity index (χ4v) is 8.31. The van der Waals surface area contributed by atoms with Crippen molar-refractivity contribution in [2.75, 3.05) is 58.4 Å². The summed E-state index contributed by atoms with van der Waals surface area (Å²) in [7, 11) is 0.870. The van der Waals surface area contributed by atoms with Crippen LogP contribution in [0.3, 0.4) is 0 Å². The molecule has 0 bridgehead atoms. The van der Waals surface area contributed by atoms with Gasteiger partial charge in [0.25, 0.3) is 0 Å². The second-order valence-corrected chi connectivity index (χ2v) is 22.5. The highest BCUT2D eigenvalue weighted by atomic mass is 35.5. The van der Waals surface area contributed by atoms with Crippen molar-refractivity contribution in [1.82, 2.24) is 24.9 Å². The van der Waals surface area contributed by atoms with Crippen LogP contribution in [-0.2, 0) is 13.9 Å². The van der Waals surface area contributed by atoms with Gasteiger partial charge in [-0.05, 0) is 84.3 Å². The monoisotopic (exact) mass is 784 g/mol. The Kier molecular flexibility index (Phi) is 11.7. The van der Waals surface area contributed by atoms with Gasteiger partial charge >= 0.3 is 12.2 Å². The molecule has 2 amide bonds. The zero-order valence-corrected chi connectivity index (χ0v) is 35.9. The minimum absolute atomic E-state index is 0.0269. The molecule has 3 aromatic rings. The van der Waals surface area contributed by atoms with Crippen LogP contribution in [-0.4, -0.2) is 111 Å². The lowest BCUT2D eigenvalue weighted by molar-refractivity contribution is 0.0172. The van der Waals surface area contributed by atoms with Crippen LogP contribution in [0.15, 0.2) is 22.7 Å². The van der Waals surface area contributed by atoms with Crippen molar-refractivity contribution in [3.05, 3.63) is 40.2 Å². The molecular formula is C39H57ClN6O7Si. The van der Waals surface area contributed by atoms with Crippen LogP contribution in [0.25, 0.3) is 22.6 Å². The Morgan fingerprint density at radius 2 is 1.76 bits per heavy atom. The summed E-state index contributed by atoms with van der Waals surface area (Å²) in [6, 6.07) is 5.43. The molecule has 2 aromatic heterocycles. The lowest BCUT2D eigenvalue weighted by atomic mass is 9.79. The molecule has 1 atom stereocenters. The average Bonchev–Trinajstić information content (AvgIpc) is 3.65. The number of amides is 2. The van der Waals surface area contributed by atoms with Crippen LogP contribution >= 0.6 is 11.6 Å². The van der Waals surface area contributed by atoms with Gasteiger partial charge in [0.2, 0.25) is 0 Å². The van der Waals surface area contributed by atoms with Gasteiger partial charge in [0, 0.05) is 49.8 Å². The van der Waals surface area contributed by atoms with Crippen molar-refractivity contribution < 1.29 is 32.7 Å². The number of anilines is 1. The minimum Gasteiger partial charge on any atom is -0.491 e. The summed E-state index contributed by atoms with van der Waals surface area (Å²) in [6.45, 7) is 25.5. The number of likely N-dealkylation sites (N-methyl/N-ethyl adjacent to an activating group) is 1. The quantitative estimate of drug-likeness (QED) is 0.184. The molecule has 0 aliphatic carbocycles. The molecule has 13 nitrogen and oxygen atoms in total. The summed E-state index contributed by atoms with van der Waals surface area (Å²) in [4.78, 5) is 40.9. The molecule has 4 heterocycles. The lowest BCUT2D eigenvalue weighted by Crippen LogP contribution is -2.58. The molecule has 15 heteroatoms. The van der Waals surface area contributed by atoms with E-state index in [0.29, 0.717) is 46.7 Å². The summed E-state index contributed by atoms with van der Waals surface area (Å²) in [5.74, 6) is 2.43. The van der Waals surface area contributed by atoms with Crippen molar-refractivity contribution >= 4 is 37.9 Å². The molecule has 0 unspecified atom stereocenters. The number of aromatic nitrogens is 3. The molecule has 2 saturated heterocycles. The highest BCUT2D eigenvalue weighted by molar-refractivity contribution is 6.74. The van der Waals surface area contributed by atoms with E-state index in [1.807, 2.05) is 53.7 Å². The van der Waals surface area contributed by atoms with E-state index in [2.05, 4.69) is 43.9 Å². The topological polar surface area (TPSA) is 133 Å². The van der Waals surface area contributed by atoms with Gasteiger partial charge in [-0.1, -0.05) is 37.5 Å². The Labute approximate surface area is 325 Å². The van der Waals surface area contributed by atoms with Crippen LogP contribution in [0.4, 0.5) is 15.4 Å². The third kappa shape index (κ3) is 8.97. The molecule has 1 spiro atoms. The molecule has 2 aliphatic heterocycles. The van der Waals surface area contributed by atoms with E-state index in [1.165, 1.54) is 12.0 Å². The van der Waals surface area contributed by atoms with Gasteiger partial charge in [-0.25, -0.2) is 19.6 Å². The number of benzene rings is 1. The standard InChI is InChI=1S/C39H57ClN6O7Si/c1-24-32(31-25(2)43-52-26(31)3)41-33(42-34(24)46-22-39(23-46)16-17-45(21-39)36(48)49-11)29-18-27(14-15-30(29)40)50-20-28(53-54(12,13)38(7,8)9)19-44(10)35(47)51-37(4,5)6/h14-15,18,28H,16-17,19-23H2,1-13H3/t28-/m0/s1. The summed E-state index contributed by atoms with van der Waals surface area (Å²) in [6.07, 6.45) is -0.259. The van der Waals surface area contributed by atoms with Crippen LogP contribution in [0.1, 0.15) is 65.0 Å². The number of nitrogens with zero attached hydrogens (tertiary/aromatic N) is 6. The normalized spacial score (nSPS) is 16.3. The molecular weight excluding hydrogens is 728 g/mol. The maximum Gasteiger partial charge on any atom is 0.410 e. The number of halogens is 1. The van der Waals surface area contributed by atoms with E-state index in [9.17, 15) is 9.59 Å². The minimum atomic E-state index is -2.26. The van der Waals surface area contributed by atoms with Crippen molar-refractivity contribution in [1.29, 1.82) is 0 Å². The van der Waals surface area contributed by atoms with Crippen LogP contribution in [0.5, 0.6) is 5.75 Å². The van der Waals surface area contributed by atoms with Gasteiger partial charge in [0.15, 0.2) is 14.1 Å². The second kappa shape index (κ2) is 15.3. The maximum absolute atomic E-state index is 12.9. The van der Waals surface area contributed by atoms with Crippen LogP contribution in [0, 0.1) is 26.2 Å². The van der Waals surface area contributed by atoms with E-state index in [4.69, 9.17) is 44.7 Å². The molecule has 2 fully saturated rings. The van der Waals surface area contributed by atoms with E-state index >= 15 is 0 Å². The average molecular weight is 785 g/mol. The number of likely N-dealkylation sites (tertiary alicyclic amines) is 1. The fraction of sp³-hybridized carbons (Fsp3) is 0.615. The molecule has 2 aliphatic rings. The largest absolute Gasteiger partial charge is 0.491 e. The summed E-state index contributed by atoms with van der Waals surface area (Å²) in [5, 5.41) is 4.62. The maximum atomic E-state index is 12.9. The number of hydrogen-bond acceptors (Lipinski definition) is 11. The van der Waals surface area contributed by atoms with Gasteiger partial charge in [-0.15, -0.1) is 0 Å². The zero-order valence-electron chi connectivity index (χ0n) is 34.2. The Morgan fingerprint density at radius 1 is 1.07 bits per heavy atom. The first-order valence-electron chi connectivity index (χ1n) is 18.5. The smallest absolute Gasteiger partial charge is 0.410 e. The number of aryl methyl sites for hydroxylation is 2. The van der Waals surface area contributed by atoms with Crippen molar-refractivity contribution in [2.45, 2.75) is 98.6 Å². The number of methoxy groups -OCH3 is 1. The zero-order chi connectivity index (χ0) is 40.0. The Morgan fingerprint density at radius 3 is 2.35 bits per heavy atom. The SMILES string of the molecule is COC(=O)N1CCC2(C1)CN(c1nc(-c3cc(OC[C@H](CN(C)C(=O)OC(C)(C)C)O[Si](C)(C)C(C)(C)C)ccc3Cl)nc(-c3c(C)noc3C)c1C)C2. The first kappa shape index (κ1) is 41.3. The number of hydrogen-bond donors (Lipinski definition) is 0. The fourth-order valence-electron chi connectivity index (χ4n) is 6.78. The molecule has 0 N–H and O–H groups in total. The number of ether oxygens (including phenoxy) is 3. The predicted molar refractivity (Wildman–Crippen MR) is 212 cm³/mol. The first-order chi connectivity index (χ1) is 25.0. The van der Waals surface area contributed by atoms with E-state index < -0.39 is 26.1 Å². The molecule has 0 radical (unpaired) electrons. The lowest BCUT2D eigenvalue weighted by Gasteiger charge is -2.49. The number of carbonyl (C=O) groups is 2. The predicted octanol–water partition coefficient (Wildman–Crippen LogP) is 8.29. The van der Waals surface area contributed by atoms with Gasteiger partial charge in [0.1, 0.15) is 29.5 Å². The third-order valence-corrected chi connectivity index (χ3v) is 15.5. The van der Waals surface area contributed by atoms with Gasteiger partial charge in [0.05, 0.1) is 41.7 Å². The highest BCUT2D eigenvalue weighted by Gasteiger charge is 2.50. The van der Waals surface area contributed by atoms with Gasteiger partial charge in [-0.3, -0.25) is 0 Å². The van der Waals surface area contributed by atoms with Crippen LogP contribution < -0.4 is 9.64 Å². The van der Waals surface area contributed by atoms with Crippen molar-refractivity contribution in [3.8, 4) is 28.4 Å². The summed E-state index contributed by atoms with van der Waals surface area (Å²) >= 11 is 6.90. The number of rotatable bonds is 10. The van der Waals surface area contributed by atoms with Gasteiger partial charge in [-0.2, -0.15) is 0 Å². The van der Waals surface area contributed by atoms with E-state index in [1.54, 1.807) is 18.0 Å². The molecule has 1 aromatic carbocycles. The molecule has 54 heavy (non-hydrogen) atoms.